The van der Waals surface area contributed by atoms with Gasteiger partial charge in [0.25, 0.3) is 11.1 Å². The van der Waals surface area contributed by atoms with Gasteiger partial charge >= 0.3 is 5.97 Å². The highest BCUT2D eigenvalue weighted by Gasteiger charge is 2.25. The van der Waals surface area contributed by atoms with Gasteiger partial charge in [0.2, 0.25) is 0 Å². The van der Waals surface area contributed by atoms with Gasteiger partial charge in [-0.3, -0.25) is 14.9 Å². The molecule has 1 fully saturated rings. The lowest BCUT2D eigenvalue weighted by atomic mass is 10.1. The van der Waals surface area contributed by atoms with Crippen LogP contribution in [0.15, 0.2) is 45.7 Å². The molecule has 7 heteroatoms. The lowest BCUT2D eigenvalue weighted by Crippen LogP contribution is -2.17. The number of hydrogen-bond donors (Lipinski definition) is 2. The molecule has 0 spiro atoms. The SMILES string of the molecule is O=C1NC(=O)C(=Cc2ccc(-c3ccc(C(=O)O)cc3)o2)S1. The lowest BCUT2D eigenvalue weighted by Gasteiger charge is -1.98. The first-order chi connectivity index (χ1) is 10.5. The Morgan fingerprint density at radius 1 is 1.14 bits per heavy atom. The van der Waals surface area contributed by atoms with E-state index >= 15 is 0 Å². The third-order valence-electron chi connectivity index (χ3n) is 2.96. The molecule has 110 valence electrons. The first kappa shape index (κ1) is 14.2. The van der Waals surface area contributed by atoms with E-state index in [1.807, 2.05) is 0 Å². The zero-order chi connectivity index (χ0) is 15.7. The van der Waals surface area contributed by atoms with E-state index in [0.29, 0.717) is 17.1 Å². The second kappa shape index (κ2) is 5.53. The molecule has 1 aliphatic rings. The Morgan fingerprint density at radius 2 is 1.86 bits per heavy atom. The Bertz CT molecular complexity index is 804. The lowest BCUT2D eigenvalue weighted by molar-refractivity contribution is -0.115. The normalized spacial score (nSPS) is 16.1. The molecular formula is C15H9NO5S. The molecule has 1 aromatic carbocycles. The number of hydrogen-bond acceptors (Lipinski definition) is 5. The number of nitrogens with one attached hydrogen (secondary N) is 1. The molecular weight excluding hydrogens is 306 g/mol. The highest BCUT2D eigenvalue weighted by atomic mass is 32.2. The fourth-order valence-corrected chi connectivity index (χ4v) is 2.58. The molecule has 0 unspecified atom stereocenters. The second-order valence-corrected chi connectivity index (χ2v) is 5.45. The van der Waals surface area contributed by atoms with E-state index in [1.54, 1.807) is 24.3 Å². The maximum Gasteiger partial charge on any atom is 0.335 e. The van der Waals surface area contributed by atoms with Gasteiger partial charge in [0.1, 0.15) is 11.5 Å². The van der Waals surface area contributed by atoms with Gasteiger partial charge in [-0.15, -0.1) is 0 Å². The summed E-state index contributed by atoms with van der Waals surface area (Å²) in [4.78, 5) is 33.6. The summed E-state index contributed by atoms with van der Waals surface area (Å²) in [6, 6.07) is 9.62. The van der Waals surface area contributed by atoms with Crippen molar-refractivity contribution in [2.45, 2.75) is 0 Å². The molecule has 1 aliphatic heterocycles. The first-order valence-corrected chi connectivity index (χ1v) is 7.03. The van der Waals surface area contributed by atoms with E-state index in [2.05, 4.69) is 5.32 Å². The number of carboxylic acids is 1. The van der Waals surface area contributed by atoms with Crippen molar-refractivity contribution in [2.75, 3.05) is 0 Å². The molecule has 6 nitrogen and oxygen atoms in total. The molecule has 2 N–H and O–H groups in total. The average Bonchev–Trinajstić information content (AvgIpc) is 3.06. The minimum Gasteiger partial charge on any atom is -0.478 e. The van der Waals surface area contributed by atoms with Gasteiger partial charge < -0.3 is 9.52 Å². The van der Waals surface area contributed by atoms with Crippen molar-refractivity contribution >= 4 is 35.0 Å². The van der Waals surface area contributed by atoms with E-state index in [4.69, 9.17) is 9.52 Å². The van der Waals surface area contributed by atoms with Gasteiger partial charge in [-0.2, -0.15) is 0 Å². The molecule has 0 bridgehead atoms. The Kier molecular flexibility index (Phi) is 3.56. The largest absolute Gasteiger partial charge is 0.478 e. The maximum absolute atomic E-state index is 11.4. The number of carbonyl (C=O) groups is 3. The predicted octanol–water partition coefficient (Wildman–Crippen LogP) is 2.97. The number of aromatic carboxylic acids is 1. The van der Waals surface area contributed by atoms with Crippen molar-refractivity contribution in [1.82, 2.24) is 5.32 Å². The topological polar surface area (TPSA) is 96.6 Å². The Morgan fingerprint density at radius 3 is 2.45 bits per heavy atom. The van der Waals surface area contributed by atoms with Gasteiger partial charge in [-0.1, -0.05) is 12.1 Å². The Balaban J connectivity index is 1.85. The summed E-state index contributed by atoms with van der Waals surface area (Å²) in [5.41, 5.74) is 0.907. The van der Waals surface area contributed by atoms with Crippen LogP contribution >= 0.6 is 11.8 Å². The third-order valence-corrected chi connectivity index (χ3v) is 3.77. The standard InChI is InChI=1S/C15H9NO5S/c17-13-12(22-15(20)16-13)7-10-5-6-11(21-10)8-1-3-9(4-2-8)14(18)19/h1-7H,(H,18,19)(H,16,17,20). The van der Waals surface area contributed by atoms with Crippen molar-refractivity contribution in [3.63, 3.8) is 0 Å². The summed E-state index contributed by atoms with van der Waals surface area (Å²) < 4.78 is 5.59. The zero-order valence-corrected chi connectivity index (χ0v) is 11.8. The van der Waals surface area contributed by atoms with Crippen molar-refractivity contribution in [2.24, 2.45) is 0 Å². The van der Waals surface area contributed by atoms with Gasteiger partial charge in [-0.05, 0) is 36.0 Å². The number of imide groups is 1. The van der Waals surface area contributed by atoms with Crippen LogP contribution in [-0.2, 0) is 4.79 Å². The van der Waals surface area contributed by atoms with Crippen LogP contribution < -0.4 is 5.32 Å². The van der Waals surface area contributed by atoms with Gasteiger partial charge in [0.15, 0.2) is 0 Å². The molecule has 22 heavy (non-hydrogen) atoms. The van der Waals surface area contributed by atoms with Gasteiger partial charge in [0.05, 0.1) is 10.5 Å². The Labute approximate surface area is 128 Å². The number of amides is 2. The molecule has 2 heterocycles. The summed E-state index contributed by atoms with van der Waals surface area (Å²) in [7, 11) is 0. The third kappa shape index (κ3) is 2.79. The molecule has 2 amide bonds. The van der Waals surface area contributed by atoms with E-state index in [-0.39, 0.29) is 10.5 Å². The number of carbonyl (C=O) groups excluding carboxylic acids is 2. The van der Waals surface area contributed by atoms with E-state index in [0.717, 1.165) is 11.8 Å². The minimum absolute atomic E-state index is 0.190. The van der Waals surface area contributed by atoms with Crippen molar-refractivity contribution < 1.29 is 23.9 Å². The number of rotatable bonds is 3. The van der Waals surface area contributed by atoms with Gasteiger partial charge in [-0.25, -0.2) is 4.79 Å². The molecule has 3 rings (SSSR count). The summed E-state index contributed by atoms with van der Waals surface area (Å²) in [5.74, 6) is -0.465. The van der Waals surface area contributed by atoms with Crippen LogP contribution in [0.4, 0.5) is 4.79 Å². The first-order valence-electron chi connectivity index (χ1n) is 6.21. The van der Waals surface area contributed by atoms with Crippen LogP contribution in [-0.4, -0.2) is 22.2 Å². The fourth-order valence-electron chi connectivity index (χ4n) is 1.91. The van der Waals surface area contributed by atoms with Crippen molar-refractivity contribution in [3.05, 3.63) is 52.6 Å². The van der Waals surface area contributed by atoms with Crippen LogP contribution in [0.2, 0.25) is 0 Å². The summed E-state index contributed by atoms with van der Waals surface area (Å²) in [5, 5.41) is 10.6. The monoisotopic (exact) mass is 315 g/mol. The molecule has 1 aromatic heterocycles. The molecule has 0 radical (unpaired) electrons. The van der Waals surface area contributed by atoms with Gasteiger partial charge in [0, 0.05) is 11.6 Å². The quantitative estimate of drug-likeness (QED) is 0.845. The molecule has 0 saturated carbocycles. The van der Waals surface area contributed by atoms with E-state index in [1.165, 1.54) is 18.2 Å². The molecule has 2 aromatic rings. The van der Waals surface area contributed by atoms with Crippen molar-refractivity contribution in [1.29, 1.82) is 0 Å². The second-order valence-electron chi connectivity index (χ2n) is 4.44. The van der Waals surface area contributed by atoms with Crippen LogP contribution in [0, 0.1) is 0 Å². The maximum atomic E-state index is 11.4. The number of furan rings is 1. The summed E-state index contributed by atoms with van der Waals surface area (Å²) in [6.45, 7) is 0. The minimum atomic E-state index is -0.995. The Hall–Kier alpha value is -2.80. The predicted molar refractivity (Wildman–Crippen MR) is 80.2 cm³/mol. The summed E-state index contributed by atoms with van der Waals surface area (Å²) in [6.07, 6.45) is 1.49. The van der Waals surface area contributed by atoms with Crippen LogP contribution in [0.3, 0.4) is 0 Å². The number of carboxylic acid groups (broad SMARTS) is 1. The smallest absolute Gasteiger partial charge is 0.335 e. The zero-order valence-electron chi connectivity index (χ0n) is 11.0. The van der Waals surface area contributed by atoms with E-state index < -0.39 is 17.1 Å². The molecule has 0 atom stereocenters. The highest BCUT2D eigenvalue weighted by molar-refractivity contribution is 8.18. The van der Waals surface area contributed by atoms with Crippen molar-refractivity contribution in [3.8, 4) is 11.3 Å². The molecule has 1 saturated heterocycles. The number of benzene rings is 1. The average molecular weight is 315 g/mol. The molecule has 0 aliphatic carbocycles. The fraction of sp³-hybridized carbons (Fsp3) is 0. The van der Waals surface area contributed by atoms with Crippen LogP contribution in [0.5, 0.6) is 0 Å². The summed E-state index contributed by atoms with van der Waals surface area (Å²) >= 11 is 0.815. The number of thioether (sulfide) groups is 1. The van der Waals surface area contributed by atoms with Crippen LogP contribution in [0.25, 0.3) is 17.4 Å². The van der Waals surface area contributed by atoms with E-state index in [9.17, 15) is 14.4 Å². The van der Waals surface area contributed by atoms with Crippen LogP contribution in [0.1, 0.15) is 16.1 Å². The highest BCUT2D eigenvalue weighted by Crippen LogP contribution is 2.28.